The SMILES string of the molecule is CC.CC(C)OCCOCCOCCC=O.CCC(=O)C1CCC1.CN. The van der Waals surface area contributed by atoms with Crippen LogP contribution in [0.15, 0.2) is 0 Å². The Balaban J connectivity index is -0.000000371. The standard InChI is InChI=1S/C10H20O4.C7H12O.C2H6.CH5N/c1-10(2)14-9-8-13-7-6-12-5-3-4-11;1-2-7(8)6-4-3-5-6;2*1-2/h4,10H,3,5-9H2,1-2H3;6H,2-5H2,1H3;1-2H3;2H2,1H3. The summed E-state index contributed by atoms with van der Waals surface area (Å²) in [6, 6.07) is 0. The van der Waals surface area contributed by atoms with Gasteiger partial charge in [-0.05, 0) is 33.7 Å². The molecule has 0 bridgehead atoms. The molecule has 1 fully saturated rings. The van der Waals surface area contributed by atoms with E-state index in [1.54, 1.807) is 0 Å². The van der Waals surface area contributed by atoms with Crippen molar-refractivity contribution in [3.05, 3.63) is 0 Å². The van der Waals surface area contributed by atoms with Gasteiger partial charge in [-0.25, -0.2) is 0 Å². The van der Waals surface area contributed by atoms with E-state index in [-0.39, 0.29) is 6.10 Å². The summed E-state index contributed by atoms with van der Waals surface area (Å²) in [4.78, 5) is 20.7. The first-order chi connectivity index (χ1) is 12.6. The Morgan fingerprint density at radius 2 is 1.54 bits per heavy atom. The second-order valence-corrected chi connectivity index (χ2v) is 5.55. The molecule has 0 amide bonds. The Hall–Kier alpha value is -0.820. The fourth-order valence-corrected chi connectivity index (χ4v) is 1.82. The van der Waals surface area contributed by atoms with Crippen molar-refractivity contribution in [1.29, 1.82) is 0 Å². The Kier molecular flexibility index (Phi) is 30.4. The van der Waals surface area contributed by atoms with Crippen molar-refractivity contribution in [3.8, 4) is 0 Å². The Morgan fingerprint density at radius 3 is 1.88 bits per heavy atom. The molecular weight excluding hydrogens is 334 g/mol. The van der Waals surface area contributed by atoms with Gasteiger partial charge in [-0.2, -0.15) is 0 Å². The predicted octanol–water partition coefficient (Wildman–Crippen LogP) is 3.40. The van der Waals surface area contributed by atoms with Crippen molar-refractivity contribution in [3.63, 3.8) is 0 Å². The van der Waals surface area contributed by atoms with E-state index in [4.69, 9.17) is 14.2 Å². The second-order valence-electron chi connectivity index (χ2n) is 5.55. The van der Waals surface area contributed by atoms with Gasteiger partial charge in [0.1, 0.15) is 12.1 Å². The minimum Gasteiger partial charge on any atom is -0.379 e. The molecule has 26 heavy (non-hydrogen) atoms. The Bertz CT molecular complexity index is 281. The summed E-state index contributed by atoms with van der Waals surface area (Å²) in [5, 5.41) is 0. The van der Waals surface area contributed by atoms with E-state index in [0.717, 1.165) is 25.5 Å². The Labute approximate surface area is 161 Å². The van der Waals surface area contributed by atoms with Gasteiger partial charge in [0.2, 0.25) is 0 Å². The molecule has 158 valence electrons. The van der Waals surface area contributed by atoms with Gasteiger partial charge in [0, 0.05) is 18.8 Å². The molecule has 0 aromatic heterocycles. The number of carbonyl (C=O) groups excluding carboxylic acids is 2. The normalized spacial score (nSPS) is 12.5. The molecule has 0 aliphatic heterocycles. The van der Waals surface area contributed by atoms with E-state index in [1.807, 2.05) is 34.6 Å². The number of ether oxygens (including phenoxy) is 3. The average molecular weight is 378 g/mol. The van der Waals surface area contributed by atoms with Gasteiger partial charge in [-0.15, -0.1) is 0 Å². The lowest BCUT2D eigenvalue weighted by atomic mass is 9.81. The first-order valence-electron chi connectivity index (χ1n) is 9.93. The Morgan fingerprint density at radius 1 is 1.04 bits per heavy atom. The molecule has 0 saturated heterocycles. The lowest BCUT2D eigenvalue weighted by Crippen LogP contribution is -2.20. The summed E-state index contributed by atoms with van der Waals surface area (Å²) in [5.74, 6) is 0.927. The second kappa shape index (κ2) is 26.4. The summed E-state index contributed by atoms with van der Waals surface area (Å²) in [6.07, 6.45) is 5.89. The molecule has 1 rings (SSSR count). The molecule has 1 saturated carbocycles. The van der Waals surface area contributed by atoms with Crippen molar-refractivity contribution >= 4 is 12.1 Å². The monoisotopic (exact) mass is 377 g/mol. The topological polar surface area (TPSA) is 87.9 Å². The maximum Gasteiger partial charge on any atom is 0.135 e. The molecule has 0 atom stereocenters. The lowest BCUT2D eigenvalue weighted by Gasteiger charge is -2.22. The fourth-order valence-electron chi connectivity index (χ4n) is 1.82. The molecule has 2 N–H and O–H groups in total. The summed E-state index contributed by atoms with van der Waals surface area (Å²) in [6.45, 7) is 12.7. The van der Waals surface area contributed by atoms with Crippen molar-refractivity contribution < 1.29 is 23.8 Å². The van der Waals surface area contributed by atoms with E-state index in [0.29, 0.717) is 51.2 Å². The highest BCUT2D eigenvalue weighted by molar-refractivity contribution is 5.81. The van der Waals surface area contributed by atoms with Crippen molar-refractivity contribution in [2.75, 3.05) is 40.1 Å². The van der Waals surface area contributed by atoms with Crippen LogP contribution in [0.3, 0.4) is 0 Å². The zero-order chi connectivity index (χ0) is 20.6. The quantitative estimate of drug-likeness (QED) is 0.414. The van der Waals surface area contributed by atoms with E-state index >= 15 is 0 Å². The largest absolute Gasteiger partial charge is 0.379 e. The molecule has 0 heterocycles. The van der Waals surface area contributed by atoms with Gasteiger partial charge >= 0.3 is 0 Å². The highest BCUT2D eigenvalue weighted by Crippen LogP contribution is 2.27. The molecule has 1 aliphatic carbocycles. The van der Waals surface area contributed by atoms with Crippen LogP contribution in [-0.2, 0) is 23.8 Å². The van der Waals surface area contributed by atoms with E-state index in [9.17, 15) is 9.59 Å². The van der Waals surface area contributed by atoms with Crippen LogP contribution in [0.1, 0.15) is 66.7 Å². The number of ketones is 1. The highest BCUT2D eigenvalue weighted by Gasteiger charge is 2.22. The van der Waals surface area contributed by atoms with Crippen molar-refractivity contribution in [2.24, 2.45) is 11.7 Å². The van der Waals surface area contributed by atoms with E-state index < -0.39 is 0 Å². The van der Waals surface area contributed by atoms with Crippen LogP contribution in [-0.4, -0.2) is 58.3 Å². The molecule has 1 aliphatic rings. The van der Waals surface area contributed by atoms with Crippen LogP contribution in [0.25, 0.3) is 0 Å². The van der Waals surface area contributed by atoms with Crippen LogP contribution < -0.4 is 5.73 Å². The van der Waals surface area contributed by atoms with Crippen LogP contribution in [0.2, 0.25) is 0 Å². The first kappa shape index (κ1) is 29.9. The third kappa shape index (κ3) is 23.2. The maximum absolute atomic E-state index is 10.8. The number of carbonyl (C=O) groups is 2. The molecule has 6 heteroatoms. The average Bonchev–Trinajstić information content (AvgIpc) is 2.62. The van der Waals surface area contributed by atoms with Gasteiger partial charge < -0.3 is 24.7 Å². The third-order valence-corrected chi connectivity index (χ3v) is 3.34. The minimum absolute atomic E-state index is 0.252. The zero-order valence-corrected chi connectivity index (χ0v) is 17.9. The van der Waals surface area contributed by atoms with Crippen molar-refractivity contribution in [2.45, 2.75) is 72.8 Å². The molecule has 6 nitrogen and oxygen atoms in total. The first-order valence-corrected chi connectivity index (χ1v) is 9.93. The number of hydrogen-bond acceptors (Lipinski definition) is 6. The van der Waals surface area contributed by atoms with E-state index in [2.05, 4.69) is 5.73 Å². The van der Waals surface area contributed by atoms with Gasteiger partial charge in [-0.1, -0.05) is 27.2 Å². The summed E-state index contributed by atoms with van der Waals surface area (Å²) in [7, 11) is 1.50. The van der Waals surface area contributed by atoms with Crippen LogP contribution in [0.4, 0.5) is 0 Å². The van der Waals surface area contributed by atoms with Gasteiger partial charge in [0.05, 0.1) is 39.1 Å². The van der Waals surface area contributed by atoms with Gasteiger partial charge in [0.25, 0.3) is 0 Å². The highest BCUT2D eigenvalue weighted by atomic mass is 16.5. The predicted molar refractivity (Wildman–Crippen MR) is 108 cm³/mol. The smallest absolute Gasteiger partial charge is 0.135 e. The minimum atomic E-state index is 0.252. The molecule has 0 aromatic carbocycles. The third-order valence-electron chi connectivity index (χ3n) is 3.34. The van der Waals surface area contributed by atoms with Crippen LogP contribution in [0.5, 0.6) is 0 Å². The molecule has 0 radical (unpaired) electrons. The number of rotatable bonds is 12. The van der Waals surface area contributed by atoms with Gasteiger partial charge in [0.15, 0.2) is 0 Å². The molecule has 0 spiro atoms. The molecule has 0 unspecified atom stereocenters. The van der Waals surface area contributed by atoms with Gasteiger partial charge in [-0.3, -0.25) is 4.79 Å². The summed E-state index contributed by atoms with van der Waals surface area (Å²) < 4.78 is 15.6. The summed E-state index contributed by atoms with van der Waals surface area (Å²) in [5.41, 5.74) is 4.50. The zero-order valence-electron chi connectivity index (χ0n) is 17.9. The van der Waals surface area contributed by atoms with Crippen molar-refractivity contribution in [1.82, 2.24) is 0 Å². The number of nitrogens with two attached hydrogens (primary N) is 1. The number of Topliss-reactive ketones (excluding diaryl/α,β-unsaturated/α-hetero) is 1. The number of aldehydes is 1. The fraction of sp³-hybridized carbons (Fsp3) is 0.900. The molecular formula is C20H43NO5. The van der Waals surface area contributed by atoms with Crippen LogP contribution in [0, 0.1) is 5.92 Å². The molecule has 0 aromatic rings. The maximum atomic E-state index is 10.8. The summed E-state index contributed by atoms with van der Waals surface area (Å²) >= 11 is 0. The lowest BCUT2D eigenvalue weighted by molar-refractivity contribution is -0.124. The van der Waals surface area contributed by atoms with E-state index in [1.165, 1.54) is 13.5 Å². The van der Waals surface area contributed by atoms with Crippen LogP contribution >= 0.6 is 0 Å². The number of hydrogen-bond donors (Lipinski definition) is 1.